The van der Waals surface area contributed by atoms with Crippen LogP contribution < -0.4 is 10.5 Å². The lowest BCUT2D eigenvalue weighted by molar-refractivity contribution is -0.276. The molecule has 0 saturated carbocycles. The lowest BCUT2D eigenvalue weighted by Crippen LogP contribution is -2.21. The lowest BCUT2D eigenvalue weighted by atomic mass is 10.0. The van der Waals surface area contributed by atoms with Gasteiger partial charge in [0, 0.05) is 12.7 Å². The zero-order valence-electron chi connectivity index (χ0n) is 10.7. The number of carbonyl (C=O) groups excluding carboxylic acids is 1. The Morgan fingerprint density at radius 2 is 2.05 bits per heavy atom. The first-order valence-corrected chi connectivity index (χ1v) is 5.51. The second-order valence-electron chi connectivity index (χ2n) is 3.79. The minimum absolute atomic E-state index is 0.00484. The van der Waals surface area contributed by atoms with Gasteiger partial charge in [-0.05, 0) is 11.1 Å². The fourth-order valence-corrected chi connectivity index (χ4v) is 1.60. The molecule has 0 aliphatic carbocycles. The van der Waals surface area contributed by atoms with Crippen molar-refractivity contribution in [3.8, 4) is 5.88 Å². The number of nitrogens with zero attached hydrogens (tertiary/aromatic N) is 1. The molecule has 1 rings (SSSR count). The number of hydrogen-bond donors (Lipinski definition) is 1. The number of pyridine rings is 1. The van der Waals surface area contributed by atoms with E-state index >= 15 is 0 Å². The number of ether oxygens (including phenoxy) is 2. The number of hydrogen-bond acceptors (Lipinski definition) is 5. The summed E-state index contributed by atoms with van der Waals surface area (Å²) in [7, 11) is 1.01. The first-order valence-electron chi connectivity index (χ1n) is 5.51. The van der Waals surface area contributed by atoms with Crippen molar-refractivity contribution in [2.24, 2.45) is 5.73 Å². The third-order valence-electron chi connectivity index (χ3n) is 2.48. The number of esters is 1. The molecule has 0 aliphatic heterocycles. The van der Waals surface area contributed by atoms with Gasteiger partial charge in [-0.3, -0.25) is 4.79 Å². The average molecular weight is 314 g/mol. The van der Waals surface area contributed by atoms with Crippen LogP contribution in [0.5, 0.6) is 5.88 Å². The van der Waals surface area contributed by atoms with Crippen molar-refractivity contribution in [1.82, 2.24) is 4.98 Å². The zero-order valence-corrected chi connectivity index (χ0v) is 10.7. The highest BCUT2D eigenvalue weighted by molar-refractivity contribution is 5.73. The first kappa shape index (κ1) is 17.1. The molecule has 5 nitrogen and oxygen atoms in total. The van der Waals surface area contributed by atoms with Crippen molar-refractivity contribution in [1.29, 1.82) is 0 Å². The summed E-state index contributed by atoms with van der Waals surface area (Å²) in [5.74, 6) is -2.22. The third-order valence-corrected chi connectivity index (χ3v) is 2.48. The smallest absolute Gasteiger partial charge is 0.469 e. The fraction of sp³-hybridized carbons (Fsp3) is 0.455. The second-order valence-corrected chi connectivity index (χ2v) is 3.79. The molecule has 118 valence electrons. The van der Waals surface area contributed by atoms with Crippen molar-refractivity contribution < 1.29 is 36.2 Å². The lowest BCUT2D eigenvalue weighted by Gasteiger charge is -2.17. The van der Waals surface area contributed by atoms with E-state index in [2.05, 4.69) is 14.5 Å². The number of aromatic nitrogens is 1. The van der Waals surface area contributed by atoms with Gasteiger partial charge in [0.15, 0.2) is 0 Å². The number of rotatable bonds is 5. The molecule has 0 fully saturated rings. The Balaban J connectivity index is 3.41. The molecule has 10 heteroatoms. The molecule has 0 spiro atoms. The molecule has 0 aliphatic rings. The van der Waals surface area contributed by atoms with Gasteiger partial charge in [-0.25, -0.2) is 13.8 Å². The number of nitrogens with two attached hydrogens (primary N) is 1. The maximum Gasteiger partial charge on any atom is 0.574 e. The molecule has 0 saturated heterocycles. The molecule has 0 amide bonds. The van der Waals surface area contributed by atoms with Gasteiger partial charge in [0.25, 0.3) is 6.43 Å². The highest BCUT2D eigenvalue weighted by atomic mass is 19.4. The van der Waals surface area contributed by atoms with Crippen molar-refractivity contribution in [2.45, 2.75) is 25.8 Å². The van der Waals surface area contributed by atoms with Crippen LogP contribution in [0.4, 0.5) is 22.0 Å². The molecule has 1 aromatic heterocycles. The Bertz CT molecular complexity index is 519. The van der Waals surface area contributed by atoms with Gasteiger partial charge in [0.1, 0.15) is 0 Å². The van der Waals surface area contributed by atoms with Crippen LogP contribution in [0.15, 0.2) is 6.20 Å². The topological polar surface area (TPSA) is 74.4 Å². The van der Waals surface area contributed by atoms with E-state index in [-0.39, 0.29) is 17.7 Å². The maximum absolute atomic E-state index is 13.1. The van der Waals surface area contributed by atoms with Crippen molar-refractivity contribution in [3.63, 3.8) is 0 Å². The molecule has 0 atom stereocenters. The van der Waals surface area contributed by atoms with E-state index in [1.54, 1.807) is 0 Å². The Kier molecular flexibility index (Phi) is 5.41. The summed E-state index contributed by atoms with van der Waals surface area (Å²) < 4.78 is 70.5. The number of methoxy groups -OCH3 is 1. The van der Waals surface area contributed by atoms with E-state index in [9.17, 15) is 26.7 Å². The minimum atomic E-state index is -5.19. The van der Waals surface area contributed by atoms with Crippen molar-refractivity contribution >= 4 is 5.97 Å². The van der Waals surface area contributed by atoms with E-state index in [4.69, 9.17) is 5.73 Å². The Labute approximate surface area is 115 Å². The van der Waals surface area contributed by atoms with Crippen LogP contribution in [-0.2, 0) is 22.5 Å². The maximum atomic E-state index is 13.1. The Morgan fingerprint density at radius 3 is 2.48 bits per heavy atom. The summed E-state index contributed by atoms with van der Waals surface area (Å²) in [6, 6.07) is 0. The van der Waals surface area contributed by atoms with Crippen LogP contribution in [0.1, 0.15) is 23.1 Å². The van der Waals surface area contributed by atoms with E-state index in [0.717, 1.165) is 13.3 Å². The molecule has 0 unspecified atom stereocenters. The van der Waals surface area contributed by atoms with Crippen LogP contribution >= 0.6 is 0 Å². The first-order chi connectivity index (χ1) is 9.69. The quantitative estimate of drug-likeness (QED) is 0.665. The summed E-state index contributed by atoms with van der Waals surface area (Å²) in [4.78, 5) is 14.4. The molecule has 1 aromatic rings. The summed E-state index contributed by atoms with van der Waals surface area (Å²) in [5.41, 5.74) is 3.81. The largest absolute Gasteiger partial charge is 0.574 e. The van der Waals surface area contributed by atoms with Gasteiger partial charge in [-0.1, -0.05) is 0 Å². The van der Waals surface area contributed by atoms with Crippen LogP contribution in [0, 0.1) is 0 Å². The zero-order chi connectivity index (χ0) is 16.2. The van der Waals surface area contributed by atoms with Gasteiger partial charge in [0.05, 0.1) is 19.1 Å². The standard InChI is InChI=1S/C11H11F5N2O3/c1-20-7(19)2-6-5(3-17)4-18-10(8(6)9(12)13)21-11(14,15)16/h4,9H,2-3,17H2,1H3. The van der Waals surface area contributed by atoms with E-state index in [1.807, 2.05) is 0 Å². The molecule has 0 radical (unpaired) electrons. The molecule has 1 heterocycles. The van der Waals surface area contributed by atoms with Crippen LogP contribution in [0.2, 0.25) is 0 Å². The van der Waals surface area contributed by atoms with Crippen molar-refractivity contribution in [2.75, 3.05) is 7.11 Å². The van der Waals surface area contributed by atoms with Gasteiger partial charge in [-0.15, -0.1) is 13.2 Å². The van der Waals surface area contributed by atoms with E-state index in [1.165, 1.54) is 0 Å². The normalized spacial score (nSPS) is 11.6. The summed E-state index contributed by atoms with van der Waals surface area (Å²) in [5, 5.41) is 0. The monoisotopic (exact) mass is 314 g/mol. The van der Waals surface area contributed by atoms with Gasteiger partial charge >= 0.3 is 12.3 Å². The average Bonchev–Trinajstić information content (AvgIpc) is 2.36. The van der Waals surface area contributed by atoms with Gasteiger partial charge < -0.3 is 15.2 Å². The predicted molar refractivity (Wildman–Crippen MR) is 59.5 cm³/mol. The molecule has 21 heavy (non-hydrogen) atoms. The second kappa shape index (κ2) is 6.66. The summed E-state index contributed by atoms with van der Waals surface area (Å²) >= 11 is 0. The molecule has 0 aromatic carbocycles. The number of alkyl halides is 5. The fourth-order valence-electron chi connectivity index (χ4n) is 1.60. The van der Waals surface area contributed by atoms with Crippen LogP contribution in [0.25, 0.3) is 0 Å². The van der Waals surface area contributed by atoms with Crippen LogP contribution in [-0.4, -0.2) is 24.4 Å². The highest BCUT2D eigenvalue weighted by Crippen LogP contribution is 2.35. The Hall–Kier alpha value is -1.97. The van der Waals surface area contributed by atoms with Crippen molar-refractivity contribution in [3.05, 3.63) is 22.9 Å². The molecular weight excluding hydrogens is 303 g/mol. The van der Waals surface area contributed by atoms with Gasteiger partial charge in [-0.2, -0.15) is 0 Å². The number of halogens is 5. The SMILES string of the molecule is COC(=O)Cc1c(CN)cnc(OC(F)(F)F)c1C(F)F. The molecule has 2 N–H and O–H groups in total. The van der Waals surface area contributed by atoms with E-state index in [0.29, 0.717) is 0 Å². The Morgan fingerprint density at radius 1 is 1.43 bits per heavy atom. The highest BCUT2D eigenvalue weighted by Gasteiger charge is 2.35. The molecular formula is C11H11F5N2O3. The third kappa shape index (κ3) is 4.52. The number of carbonyl (C=O) groups is 1. The molecule has 0 bridgehead atoms. The predicted octanol–water partition coefficient (Wildman–Crippen LogP) is 2.09. The van der Waals surface area contributed by atoms with Gasteiger partial charge in [0.2, 0.25) is 5.88 Å². The minimum Gasteiger partial charge on any atom is -0.469 e. The summed E-state index contributed by atoms with van der Waals surface area (Å²) in [6.07, 6.45) is -8.34. The van der Waals surface area contributed by atoms with E-state index < -0.39 is 36.6 Å². The van der Waals surface area contributed by atoms with Crippen LogP contribution in [0.3, 0.4) is 0 Å². The summed E-state index contributed by atoms with van der Waals surface area (Å²) in [6.45, 7) is -0.286.